The second-order valence-electron chi connectivity index (χ2n) is 6.24. The van der Waals surface area contributed by atoms with E-state index in [0.717, 1.165) is 13.1 Å². The van der Waals surface area contributed by atoms with Gasteiger partial charge < -0.3 is 15.5 Å². The first kappa shape index (κ1) is 18.0. The van der Waals surface area contributed by atoms with Crippen molar-refractivity contribution in [2.24, 2.45) is 4.99 Å². The average molecular weight is 352 g/mol. The Bertz CT molecular complexity index is 760. The molecule has 0 radical (unpaired) electrons. The minimum absolute atomic E-state index is 0.162. The minimum atomic E-state index is -0.162. The first-order valence-corrected chi connectivity index (χ1v) is 8.93. The summed E-state index contributed by atoms with van der Waals surface area (Å²) in [5.74, 6) is 0.555. The Kier molecular flexibility index (Phi) is 6.25. The van der Waals surface area contributed by atoms with Crippen molar-refractivity contribution in [3.63, 3.8) is 0 Å². The van der Waals surface area contributed by atoms with Crippen molar-refractivity contribution in [1.82, 2.24) is 10.6 Å². The van der Waals surface area contributed by atoms with Gasteiger partial charge in [0.25, 0.3) is 0 Å². The van der Waals surface area contributed by atoms with Crippen molar-refractivity contribution in [2.75, 3.05) is 31.6 Å². The SMILES string of the molecule is CN=C(NCCc1ccccc1F)NCc1ccc(N2CC=CC2)cc1. The zero-order chi connectivity index (χ0) is 18.2. The fraction of sp³-hybridized carbons (Fsp3) is 0.286. The van der Waals surface area contributed by atoms with Gasteiger partial charge in [0.1, 0.15) is 5.82 Å². The molecule has 0 aromatic heterocycles. The molecule has 0 unspecified atom stereocenters. The molecule has 0 bridgehead atoms. The average Bonchev–Trinajstić information content (AvgIpc) is 3.21. The molecule has 2 aromatic carbocycles. The first-order valence-electron chi connectivity index (χ1n) is 8.93. The van der Waals surface area contributed by atoms with Crippen LogP contribution in [0.4, 0.5) is 10.1 Å². The number of benzene rings is 2. The normalized spacial score (nSPS) is 13.9. The summed E-state index contributed by atoms with van der Waals surface area (Å²) in [5, 5.41) is 6.52. The molecule has 1 heterocycles. The third-order valence-corrected chi connectivity index (χ3v) is 4.45. The van der Waals surface area contributed by atoms with Crippen molar-refractivity contribution in [2.45, 2.75) is 13.0 Å². The Hall–Kier alpha value is -2.82. The number of guanidine groups is 1. The van der Waals surface area contributed by atoms with E-state index < -0.39 is 0 Å². The number of aliphatic imine (C=N–C) groups is 1. The lowest BCUT2D eigenvalue weighted by atomic mass is 10.1. The van der Waals surface area contributed by atoms with Crippen LogP contribution in [0.3, 0.4) is 0 Å². The molecule has 0 atom stereocenters. The second-order valence-corrected chi connectivity index (χ2v) is 6.24. The molecule has 1 aliphatic heterocycles. The lowest BCUT2D eigenvalue weighted by Gasteiger charge is -2.18. The fourth-order valence-electron chi connectivity index (χ4n) is 2.94. The Morgan fingerprint density at radius 2 is 1.77 bits per heavy atom. The summed E-state index contributed by atoms with van der Waals surface area (Å²) in [7, 11) is 1.74. The highest BCUT2D eigenvalue weighted by Crippen LogP contribution is 2.17. The number of anilines is 1. The molecule has 136 valence electrons. The highest BCUT2D eigenvalue weighted by atomic mass is 19.1. The van der Waals surface area contributed by atoms with Gasteiger partial charge in [-0.3, -0.25) is 4.99 Å². The summed E-state index contributed by atoms with van der Waals surface area (Å²) in [6, 6.07) is 15.4. The minimum Gasteiger partial charge on any atom is -0.364 e. The van der Waals surface area contributed by atoms with Gasteiger partial charge in [-0.2, -0.15) is 0 Å². The first-order chi connectivity index (χ1) is 12.8. The van der Waals surface area contributed by atoms with Gasteiger partial charge in [-0.25, -0.2) is 4.39 Å². The number of halogens is 1. The maximum absolute atomic E-state index is 13.6. The third-order valence-electron chi connectivity index (χ3n) is 4.45. The molecule has 5 heteroatoms. The lowest BCUT2D eigenvalue weighted by Crippen LogP contribution is -2.37. The molecular formula is C21H25FN4. The van der Waals surface area contributed by atoms with Crippen LogP contribution in [0.25, 0.3) is 0 Å². The predicted molar refractivity (Wildman–Crippen MR) is 106 cm³/mol. The monoisotopic (exact) mass is 352 g/mol. The van der Waals surface area contributed by atoms with Gasteiger partial charge in [0.2, 0.25) is 0 Å². The Labute approximate surface area is 154 Å². The predicted octanol–water partition coefficient (Wildman–Crippen LogP) is 3.11. The summed E-state index contributed by atoms with van der Waals surface area (Å²) in [5.41, 5.74) is 3.14. The molecule has 2 N–H and O–H groups in total. The molecular weight excluding hydrogens is 327 g/mol. The highest BCUT2D eigenvalue weighted by Gasteiger charge is 2.07. The van der Waals surface area contributed by atoms with Gasteiger partial charge >= 0.3 is 0 Å². The van der Waals surface area contributed by atoms with Gasteiger partial charge in [-0.15, -0.1) is 0 Å². The maximum Gasteiger partial charge on any atom is 0.191 e. The zero-order valence-corrected chi connectivity index (χ0v) is 15.1. The van der Waals surface area contributed by atoms with E-state index in [1.165, 1.54) is 17.3 Å². The maximum atomic E-state index is 13.6. The van der Waals surface area contributed by atoms with E-state index in [1.54, 1.807) is 13.1 Å². The van der Waals surface area contributed by atoms with Crippen LogP contribution in [0.2, 0.25) is 0 Å². The Balaban J connectivity index is 1.44. The van der Waals surface area contributed by atoms with E-state index in [4.69, 9.17) is 0 Å². The fourth-order valence-corrected chi connectivity index (χ4v) is 2.94. The van der Waals surface area contributed by atoms with E-state index in [2.05, 4.69) is 56.9 Å². The van der Waals surface area contributed by atoms with Crippen molar-refractivity contribution < 1.29 is 4.39 Å². The number of nitrogens with one attached hydrogen (secondary N) is 2. The van der Waals surface area contributed by atoms with Crippen LogP contribution in [-0.4, -0.2) is 32.6 Å². The van der Waals surface area contributed by atoms with Crippen molar-refractivity contribution in [3.05, 3.63) is 77.6 Å². The van der Waals surface area contributed by atoms with Crippen LogP contribution < -0.4 is 15.5 Å². The van der Waals surface area contributed by atoms with Crippen molar-refractivity contribution in [3.8, 4) is 0 Å². The molecule has 1 aliphatic rings. The number of rotatable bonds is 6. The summed E-state index contributed by atoms with van der Waals surface area (Å²) in [6.07, 6.45) is 4.99. The number of hydrogen-bond acceptors (Lipinski definition) is 2. The molecule has 0 spiro atoms. The summed E-state index contributed by atoms with van der Waals surface area (Å²) >= 11 is 0. The van der Waals surface area contributed by atoms with Gasteiger partial charge in [-0.1, -0.05) is 42.5 Å². The third kappa shape index (κ3) is 4.85. The van der Waals surface area contributed by atoms with Gasteiger partial charge in [-0.05, 0) is 35.7 Å². The Morgan fingerprint density at radius 3 is 2.46 bits per heavy atom. The molecule has 3 rings (SSSR count). The smallest absolute Gasteiger partial charge is 0.191 e. The molecule has 0 aliphatic carbocycles. The van der Waals surface area contributed by atoms with Crippen LogP contribution in [0, 0.1) is 5.82 Å². The van der Waals surface area contributed by atoms with E-state index in [-0.39, 0.29) is 5.82 Å². The summed E-state index contributed by atoms with van der Waals surface area (Å²) in [6.45, 7) is 3.28. The van der Waals surface area contributed by atoms with E-state index >= 15 is 0 Å². The quantitative estimate of drug-likeness (QED) is 0.477. The van der Waals surface area contributed by atoms with Crippen LogP contribution in [0.5, 0.6) is 0 Å². The summed E-state index contributed by atoms with van der Waals surface area (Å²) in [4.78, 5) is 6.54. The molecule has 0 fully saturated rings. The van der Waals surface area contributed by atoms with Gasteiger partial charge in [0.15, 0.2) is 5.96 Å². The van der Waals surface area contributed by atoms with Crippen LogP contribution >= 0.6 is 0 Å². The number of hydrogen-bond donors (Lipinski definition) is 2. The summed E-state index contributed by atoms with van der Waals surface area (Å²) < 4.78 is 13.6. The second kappa shape index (κ2) is 9.04. The van der Waals surface area contributed by atoms with Crippen molar-refractivity contribution >= 4 is 11.6 Å². The van der Waals surface area contributed by atoms with Gasteiger partial charge in [0.05, 0.1) is 0 Å². The Morgan fingerprint density at radius 1 is 1.04 bits per heavy atom. The topological polar surface area (TPSA) is 39.7 Å². The van der Waals surface area contributed by atoms with Gasteiger partial charge in [0, 0.05) is 38.9 Å². The molecule has 0 amide bonds. The molecule has 4 nitrogen and oxygen atoms in total. The molecule has 0 saturated heterocycles. The largest absolute Gasteiger partial charge is 0.364 e. The molecule has 0 saturated carbocycles. The number of nitrogens with zero attached hydrogens (tertiary/aromatic N) is 2. The lowest BCUT2D eigenvalue weighted by molar-refractivity contribution is 0.606. The van der Waals surface area contributed by atoms with Crippen LogP contribution in [0.15, 0.2) is 65.7 Å². The molecule has 26 heavy (non-hydrogen) atoms. The zero-order valence-electron chi connectivity index (χ0n) is 15.1. The van der Waals surface area contributed by atoms with Crippen molar-refractivity contribution in [1.29, 1.82) is 0 Å². The highest BCUT2D eigenvalue weighted by molar-refractivity contribution is 5.79. The van der Waals surface area contributed by atoms with Crippen LogP contribution in [0.1, 0.15) is 11.1 Å². The van der Waals surface area contributed by atoms with E-state index in [1.807, 2.05) is 12.1 Å². The van der Waals surface area contributed by atoms with E-state index in [9.17, 15) is 4.39 Å². The standard InChI is InChI=1S/C21H25FN4/c1-23-21(24-13-12-18-6-2-3-7-20(18)22)25-16-17-8-10-19(11-9-17)26-14-4-5-15-26/h2-11H,12-16H2,1H3,(H2,23,24,25). The van der Waals surface area contributed by atoms with E-state index in [0.29, 0.717) is 31.0 Å². The molecule has 2 aromatic rings. The van der Waals surface area contributed by atoms with Crippen LogP contribution in [-0.2, 0) is 13.0 Å².